The number of hydrogen-bond donors (Lipinski definition) is 0. The minimum atomic E-state index is -0.233. The minimum Gasteiger partial charge on any atom is -0.440 e. The predicted octanol–water partition coefficient (Wildman–Crippen LogP) is 4.69. The molecule has 4 nitrogen and oxygen atoms in total. The summed E-state index contributed by atoms with van der Waals surface area (Å²) in [6.45, 7) is 8.72. The zero-order chi connectivity index (χ0) is 18.7. The van der Waals surface area contributed by atoms with Crippen molar-refractivity contribution in [3.05, 3.63) is 65.4 Å². The van der Waals surface area contributed by atoms with Crippen LogP contribution in [0.1, 0.15) is 18.4 Å². The predicted molar refractivity (Wildman–Crippen MR) is 110 cm³/mol. The molecule has 0 spiro atoms. The maximum Gasteiger partial charge on any atom is 0.415 e. The third-order valence-corrected chi connectivity index (χ3v) is 6.75. The molecule has 5 rings (SSSR count). The highest BCUT2D eigenvalue weighted by Gasteiger charge is 2.47. The molecule has 3 aliphatic heterocycles. The molecule has 27 heavy (non-hydrogen) atoms. The molecule has 1 aromatic heterocycles. The maximum absolute atomic E-state index is 13.2. The summed E-state index contributed by atoms with van der Waals surface area (Å²) in [7, 11) is 0. The van der Waals surface area contributed by atoms with Crippen LogP contribution in [-0.2, 0) is 11.3 Å². The lowest BCUT2D eigenvalue weighted by molar-refractivity contribution is -0.941. The van der Waals surface area contributed by atoms with E-state index in [9.17, 15) is 4.79 Å². The fourth-order valence-electron chi connectivity index (χ4n) is 4.51. The molecule has 0 unspecified atom stereocenters. The standard InChI is InChI=1S/C22H27N2O2S/c1-2-11-24-12-8-19(9-13-24)21(16-24)26-22(25)23(15-18-10-14-27-17-18)20-6-4-3-5-7-20/h2-7,10,14,17,19,21H,1,8-9,11-13,15-16H2/q+1/t19?,21-,24?/m0/s1. The van der Waals surface area contributed by atoms with Crippen LogP contribution in [0.4, 0.5) is 10.5 Å². The molecule has 1 amide bonds. The number of thiophene rings is 1. The third-order valence-electron chi connectivity index (χ3n) is 6.02. The van der Waals surface area contributed by atoms with Gasteiger partial charge in [0, 0.05) is 24.4 Å². The van der Waals surface area contributed by atoms with Crippen molar-refractivity contribution in [1.82, 2.24) is 0 Å². The van der Waals surface area contributed by atoms with E-state index in [4.69, 9.17) is 4.74 Å². The van der Waals surface area contributed by atoms with E-state index in [-0.39, 0.29) is 12.2 Å². The number of carbonyl (C=O) groups is 1. The molecule has 2 aromatic rings. The van der Waals surface area contributed by atoms with E-state index in [0.29, 0.717) is 12.5 Å². The van der Waals surface area contributed by atoms with Crippen molar-refractivity contribution < 1.29 is 14.0 Å². The van der Waals surface area contributed by atoms with E-state index in [2.05, 4.69) is 18.0 Å². The molecule has 0 aliphatic carbocycles. The van der Waals surface area contributed by atoms with E-state index >= 15 is 0 Å². The van der Waals surface area contributed by atoms with Crippen LogP contribution < -0.4 is 4.90 Å². The van der Waals surface area contributed by atoms with E-state index in [1.165, 1.54) is 13.1 Å². The number of hydrogen-bond acceptors (Lipinski definition) is 3. The van der Waals surface area contributed by atoms with Gasteiger partial charge in [0.1, 0.15) is 6.54 Å². The molecule has 1 atom stereocenters. The summed E-state index contributed by atoms with van der Waals surface area (Å²) in [4.78, 5) is 14.9. The quantitative estimate of drug-likeness (QED) is 0.535. The first-order chi connectivity index (χ1) is 13.2. The van der Waals surface area contributed by atoms with Gasteiger partial charge < -0.3 is 9.22 Å². The van der Waals surface area contributed by atoms with E-state index in [1.807, 2.05) is 41.8 Å². The van der Waals surface area contributed by atoms with Gasteiger partial charge in [0.25, 0.3) is 0 Å². The van der Waals surface area contributed by atoms with Gasteiger partial charge in [-0.2, -0.15) is 11.3 Å². The SMILES string of the molecule is C=CC[N+]12CCC(CC1)[C@@H](OC(=O)N(Cc1ccsc1)c1ccccc1)C2. The van der Waals surface area contributed by atoms with Gasteiger partial charge in [-0.15, -0.1) is 0 Å². The highest BCUT2D eigenvalue weighted by Crippen LogP contribution is 2.36. The number of fused-ring (bicyclic) bond motifs is 3. The summed E-state index contributed by atoms with van der Waals surface area (Å²) in [6, 6.07) is 11.9. The number of amides is 1. The second kappa shape index (κ2) is 7.87. The normalized spacial score (nSPS) is 26.5. The number of para-hydroxylation sites is 1. The topological polar surface area (TPSA) is 29.5 Å². The summed E-state index contributed by atoms with van der Waals surface area (Å²) >= 11 is 1.65. The lowest BCUT2D eigenvalue weighted by Gasteiger charge is -2.51. The Morgan fingerprint density at radius 3 is 2.70 bits per heavy atom. The Balaban J connectivity index is 1.51. The molecule has 3 saturated heterocycles. The Morgan fingerprint density at radius 2 is 2.04 bits per heavy atom. The third kappa shape index (κ3) is 3.94. The van der Waals surface area contributed by atoms with E-state index in [0.717, 1.165) is 41.7 Å². The molecule has 1 aromatic carbocycles. The molecule has 0 radical (unpaired) electrons. The highest BCUT2D eigenvalue weighted by molar-refractivity contribution is 7.07. The van der Waals surface area contributed by atoms with Gasteiger partial charge >= 0.3 is 6.09 Å². The Bertz CT molecular complexity index is 767. The molecule has 3 aliphatic rings. The van der Waals surface area contributed by atoms with Crippen LogP contribution in [0.3, 0.4) is 0 Å². The number of anilines is 1. The van der Waals surface area contributed by atoms with Crippen LogP contribution >= 0.6 is 11.3 Å². The minimum absolute atomic E-state index is 0.00800. The molecule has 5 heteroatoms. The van der Waals surface area contributed by atoms with Crippen LogP contribution in [0.2, 0.25) is 0 Å². The zero-order valence-corrected chi connectivity index (χ0v) is 16.4. The van der Waals surface area contributed by atoms with Gasteiger partial charge in [0.15, 0.2) is 6.10 Å². The largest absolute Gasteiger partial charge is 0.440 e. The average molecular weight is 384 g/mol. The van der Waals surface area contributed by atoms with Crippen molar-refractivity contribution in [2.45, 2.75) is 25.5 Å². The number of ether oxygens (including phenoxy) is 1. The van der Waals surface area contributed by atoms with Gasteiger partial charge in [0.05, 0.1) is 26.2 Å². The van der Waals surface area contributed by atoms with Crippen LogP contribution in [0.5, 0.6) is 0 Å². The van der Waals surface area contributed by atoms with Gasteiger partial charge in [0.2, 0.25) is 0 Å². The van der Waals surface area contributed by atoms with E-state index in [1.54, 1.807) is 16.2 Å². The molecule has 3 fully saturated rings. The van der Waals surface area contributed by atoms with Gasteiger partial charge in [-0.1, -0.05) is 24.8 Å². The van der Waals surface area contributed by atoms with Crippen LogP contribution in [-0.4, -0.2) is 42.9 Å². The monoisotopic (exact) mass is 383 g/mol. The van der Waals surface area contributed by atoms with Crippen molar-refractivity contribution in [2.75, 3.05) is 31.1 Å². The first-order valence-corrected chi connectivity index (χ1v) is 10.6. The number of quaternary nitrogens is 1. The lowest BCUT2D eigenvalue weighted by Crippen LogP contribution is -2.64. The lowest BCUT2D eigenvalue weighted by atomic mass is 9.83. The summed E-state index contributed by atoms with van der Waals surface area (Å²) in [5, 5.41) is 4.13. The molecule has 0 saturated carbocycles. The molecule has 142 valence electrons. The Hall–Kier alpha value is -2.11. The molecule has 0 N–H and O–H groups in total. The maximum atomic E-state index is 13.2. The van der Waals surface area contributed by atoms with E-state index < -0.39 is 0 Å². The molecule has 2 bridgehead atoms. The fraction of sp³-hybridized carbons (Fsp3) is 0.409. The van der Waals surface area contributed by atoms with Crippen molar-refractivity contribution in [3.8, 4) is 0 Å². The Morgan fingerprint density at radius 1 is 1.26 bits per heavy atom. The van der Waals surface area contributed by atoms with Crippen molar-refractivity contribution in [3.63, 3.8) is 0 Å². The number of carbonyl (C=O) groups excluding carboxylic acids is 1. The summed E-state index contributed by atoms with van der Waals surface area (Å²) < 4.78 is 7.12. The Kier molecular flexibility index (Phi) is 5.32. The highest BCUT2D eigenvalue weighted by atomic mass is 32.1. The Labute approximate surface area is 165 Å². The first kappa shape index (κ1) is 18.3. The number of rotatable bonds is 6. The van der Waals surface area contributed by atoms with Gasteiger partial charge in [-0.25, -0.2) is 4.79 Å². The second-order valence-electron chi connectivity index (χ2n) is 7.76. The van der Waals surface area contributed by atoms with Crippen LogP contribution in [0.15, 0.2) is 59.8 Å². The molecular weight excluding hydrogens is 356 g/mol. The van der Waals surface area contributed by atoms with Gasteiger partial charge in [-0.3, -0.25) is 4.90 Å². The van der Waals surface area contributed by atoms with Crippen molar-refractivity contribution in [2.24, 2.45) is 5.92 Å². The first-order valence-electron chi connectivity index (χ1n) is 9.69. The average Bonchev–Trinajstić information content (AvgIpc) is 3.21. The summed E-state index contributed by atoms with van der Waals surface area (Å²) in [5.74, 6) is 0.498. The number of nitrogens with zero attached hydrogens (tertiary/aromatic N) is 2. The molecule has 4 heterocycles. The summed E-state index contributed by atoms with van der Waals surface area (Å²) in [6.07, 6.45) is 4.07. The number of benzene rings is 1. The van der Waals surface area contributed by atoms with Crippen molar-refractivity contribution in [1.29, 1.82) is 0 Å². The second-order valence-corrected chi connectivity index (χ2v) is 8.54. The smallest absolute Gasteiger partial charge is 0.415 e. The van der Waals surface area contributed by atoms with Crippen LogP contribution in [0, 0.1) is 5.92 Å². The van der Waals surface area contributed by atoms with Crippen molar-refractivity contribution >= 4 is 23.1 Å². The molecular formula is C22H27N2O2S+. The zero-order valence-electron chi connectivity index (χ0n) is 15.6. The van der Waals surface area contributed by atoms with Crippen LogP contribution in [0.25, 0.3) is 0 Å². The fourth-order valence-corrected chi connectivity index (χ4v) is 5.17. The summed E-state index contributed by atoms with van der Waals surface area (Å²) in [5.41, 5.74) is 2.01. The van der Waals surface area contributed by atoms with Gasteiger partial charge in [-0.05, 0) is 40.6 Å². The number of piperidine rings is 3.